The lowest BCUT2D eigenvalue weighted by molar-refractivity contribution is 0.230. The van der Waals surface area contributed by atoms with E-state index in [0.717, 1.165) is 0 Å². The van der Waals surface area contributed by atoms with Gasteiger partial charge in [0.1, 0.15) is 32.7 Å². The van der Waals surface area contributed by atoms with Crippen molar-refractivity contribution in [3.05, 3.63) is 121 Å². The Balaban J connectivity index is 0.000000184. The quantitative estimate of drug-likeness (QED) is 0.132. The molecule has 0 unspecified atom stereocenters. The van der Waals surface area contributed by atoms with Crippen LogP contribution in [0.2, 0.25) is 25.2 Å². The van der Waals surface area contributed by atoms with Gasteiger partial charge in [0.25, 0.3) is 0 Å². The van der Waals surface area contributed by atoms with Gasteiger partial charge in [-0.25, -0.2) is 0 Å². The molecule has 8 rings (SSSR count). The summed E-state index contributed by atoms with van der Waals surface area (Å²) in [6, 6.07) is 48.3. The topological polar surface area (TPSA) is 24.9 Å². The normalized spacial score (nSPS) is 25.5. The van der Waals surface area contributed by atoms with E-state index in [1.54, 1.807) is 0 Å². The summed E-state index contributed by atoms with van der Waals surface area (Å²) in [6.07, 6.45) is 6.11. The van der Waals surface area contributed by atoms with Crippen molar-refractivity contribution in [2.75, 3.05) is 26.4 Å². The van der Waals surface area contributed by atoms with E-state index in [0.29, 0.717) is 24.3 Å². The summed E-state index contributed by atoms with van der Waals surface area (Å²) in [5.41, 5.74) is 0. The number of hydrogen-bond acceptors (Lipinski definition) is 4. The number of fused-ring (bicyclic) bond motifs is 2. The van der Waals surface area contributed by atoms with Crippen LogP contribution >= 0.6 is 16.6 Å². The van der Waals surface area contributed by atoms with Gasteiger partial charge in [0.05, 0.1) is 12.2 Å². The lowest BCUT2D eigenvalue weighted by atomic mass is 10.1. The van der Waals surface area contributed by atoms with E-state index in [2.05, 4.69) is 157 Å². The number of benzene rings is 4. The maximum absolute atomic E-state index is 6.49. The standard InChI is InChI=1S/2C20H26NOPSi.2C2H6/c2*1-23-21-15-9-14-19(21)20(22-23)16-24(2,17-10-5-3-6-11-17)18-12-7-4-8-13-18;2*1-2/h2*3-8,10-13,19-20H,9,14-16H2,1-2H3;2*1-2H3/t2*19-,20+,23-;;/m10../s1. The Labute approximate surface area is 321 Å². The Morgan fingerprint density at radius 3 is 1.04 bits per heavy atom. The van der Waals surface area contributed by atoms with E-state index >= 15 is 0 Å². The third-order valence-electron chi connectivity index (χ3n) is 11.6. The second kappa shape index (κ2) is 19.6. The molecule has 0 bridgehead atoms. The molecule has 4 fully saturated rings. The summed E-state index contributed by atoms with van der Waals surface area (Å²) in [4.78, 5) is 0. The Bertz CT molecular complexity index is 1400. The minimum Gasteiger partial charge on any atom is -0.339 e. The zero-order valence-corrected chi connectivity index (χ0v) is 36.9. The lowest BCUT2D eigenvalue weighted by Gasteiger charge is -2.32. The molecule has 52 heavy (non-hydrogen) atoms. The molecule has 4 saturated heterocycles. The van der Waals surface area contributed by atoms with E-state index in [4.69, 9.17) is 9.05 Å². The van der Waals surface area contributed by atoms with Crippen LogP contribution in [-0.4, -0.2) is 76.2 Å². The summed E-state index contributed by atoms with van der Waals surface area (Å²) in [7, 11) is -4.35. The summed E-state index contributed by atoms with van der Waals surface area (Å²) < 4.78 is 18.3. The van der Waals surface area contributed by atoms with Crippen molar-refractivity contribution in [1.82, 2.24) is 9.34 Å². The van der Waals surface area contributed by atoms with Gasteiger partial charge in [-0.15, -0.1) is 0 Å². The van der Waals surface area contributed by atoms with Crippen LogP contribution in [0.25, 0.3) is 0 Å². The van der Waals surface area contributed by atoms with Crippen molar-refractivity contribution in [3.63, 3.8) is 0 Å². The number of rotatable bonds is 8. The molecule has 0 saturated carbocycles. The maximum atomic E-state index is 6.49. The van der Waals surface area contributed by atoms with Gasteiger partial charge in [0.2, 0.25) is 0 Å². The van der Waals surface area contributed by atoms with E-state index in [1.165, 1.54) is 71.6 Å². The van der Waals surface area contributed by atoms with Gasteiger partial charge in [-0.2, -0.15) is 0 Å². The summed E-state index contributed by atoms with van der Waals surface area (Å²) in [6.45, 7) is 20.1. The molecule has 4 aromatic carbocycles. The van der Waals surface area contributed by atoms with Crippen molar-refractivity contribution in [2.45, 2.75) is 103 Å². The van der Waals surface area contributed by atoms with E-state index < -0.39 is 16.1 Å². The Kier molecular flexibility index (Phi) is 15.5. The summed E-state index contributed by atoms with van der Waals surface area (Å²) in [5.74, 6) is 0. The van der Waals surface area contributed by atoms with Gasteiger partial charge in [0.15, 0.2) is 0 Å². The second-order valence-electron chi connectivity index (χ2n) is 14.5. The van der Waals surface area contributed by atoms with Crippen molar-refractivity contribution in [2.24, 2.45) is 0 Å². The van der Waals surface area contributed by atoms with E-state index in [1.807, 2.05) is 27.7 Å². The van der Waals surface area contributed by atoms with Gasteiger partial charge in [-0.05, 0) is 51.1 Å². The molecule has 4 aliphatic heterocycles. The van der Waals surface area contributed by atoms with Crippen LogP contribution in [0.1, 0.15) is 53.4 Å². The van der Waals surface area contributed by atoms with E-state index in [-0.39, 0.29) is 16.6 Å². The van der Waals surface area contributed by atoms with Crippen molar-refractivity contribution >= 4 is 53.5 Å². The molecule has 4 nitrogen and oxygen atoms in total. The summed E-state index contributed by atoms with van der Waals surface area (Å²) >= 11 is 0. The molecule has 0 N–H and O–H groups in total. The highest BCUT2D eigenvalue weighted by Gasteiger charge is 2.48. The molecule has 0 aromatic heterocycles. The average molecular weight is 771 g/mol. The Hall–Kier alpha value is -1.99. The molecule has 0 radical (unpaired) electrons. The zero-order valence-electron chi connectivity index (χ0n) is 33.1. The third kappa shape index (κ3) is 9.10. The fourth-order valence-electron chi connectivity index (χ4n) is 8.84. The first-order valence-electron chi connectivity index (χ1n) is 19.9. The van der Waals surface area contributed by atoms with Crippen LogP contribution < -0.4 is 20.7 Å². The molecule has 8 heteroatoms. The SMILES string of the molecule is CC.CC.C[P@@]1O[C@@H](C[Si](C)(c2ccccc2)c2ccccc2)[C@H]2CCCN21.C[P@]1O[C@H](C[Si](C)(c2ccccc2)c2ccccc2)[C@@H]2CCCN21. The van der Waals surface area contributed by atoms with Crippen molar-refractivity contribution < 1.29 is 9.05 Å². The zero-order chi connectivity index (χ0) is 37.1. The second-order valence-corrected chi connectivity index (χ2v) is 26.3. The third-order valence-corrected chi connectivity index (χ3v) is 24.0. The van der Waals surface area contributed by atoms with E-state index in [9.17, 15) is 0 Å². The minimum atomic E-state index is -1.80. The van der Waals surface area contributed by atoms with Crippen molar-refractivity contribution in [3.8, 4) is 0 Å². The van der Waals surface area contributed by atoms with Crippen LogP contribution in [0.15, 0.2) is 121 Å². The number of hydrogen-bond donors (Lipinski definition) is 0. The van der Waals surface area contributed by atoms with Gasteiger partial charge in [-0.3, -0.25) is 9.34 Å². The van der Waals surface area contributed by atoms with Crippen LogP contribution in [0.3, 0.4) is 0 Å². The largest absolute Gasteiger partial charge is 0.339 e. The predicted octanol–water partition coefficient (Wildman–Crippen LogP) is 9.42. The fourth-order valence-corrected chi connectivity index (χ4v) is 20.4. The first-order chi connectivity index (χ1) is 25.4. The van der Waals surface area contributed by atoms with Crippen LogP contribution in [0.5, 0.6) is 0 Å². The highest BCUT2D eigenvalue weighted by atomic mass is 31.2. The van der Waals surface area contributed by atoms with Crippen LogP contribution in [-0.2, 0) is 9.05 Å². The monoisotopic (exact) mass is 770 g/mol. The smallest absolute Gasteiger partial charge is 0.117 e. The first-order valence-corrected chi connectivity index (χ1v) is 28.7. The molecule has 280 valence electrons. The van der Waals surface area contributed by atoms with Crippen molar-refractivity contribution in [1.29, 1.82) is 0 Å². The summed E-state index contributed by atoms with van der Waals surface area (Å²) in [5, 5.41) is 6.10. The fraction of sp³-hybridized carbons (Fsp3) is 0.455. The maximum Gasteiger partial charge on any atom is 0.117 e. The molecule has 6 atom stereocenters. The Morgan fingerprint density at radius 2 is 0.769 bits per heavy atom. The molecule has 4 heterocycles. The average Bonchev–Trinajstić information content (AvgIpc) is 4.01. The first kappa shape index (κ1) is 41.2. The highest BCUT2D eigenvalue weighted by molar-refractivity contribution is 7.49. The van der Waals surface area contributed by atoms with Gasteiger partial charge in [-0.1, -0.05) is 183 Å². The molecule has 0 amide bonds. The van der Waals surface area contributed by atoms with Gasteiger partial charge in [0, 0.05) is 25.2 Å². The predicted molar refractivity (Wildman–Crippen MR) is 235 cm³/mol. The van der Waals surface area contributed by atoms with Crippen LogP contribution in [0.4, 0.5) is 0 Å². The molecule has 0 aliphatic carbocycles. The Morgan fingerprint density at radius 1 is 0.500 bits per heavy atom. The molecular weight excluding hydrogens is 707 g/mol. The van der Waals surface area contributed by atoms with Crippen LogP contribution in [0, 0.1) is 0 Å². The number of nitrogens with zero attached hydrogens (tertiary/aromatic N) is 2. The minimum absolute atomic E-state index is 0.380. The molecule has 4 aliphatic rings. The molecule has 0 spiro atoms. The van der Waals surface area contributed by atoms with Gasteiger partial charge < -0.3 is 9.05 Å². The lowest BCUT2D eigenvalue weighted by Crippen LogP contribution is -2.58. The highest BCUT2D eigenvalue weighted by Crippen LogP contribution is 2.54. The van der Waals surface area contributed by atoms with Gasteiger partial charge >= 0.3 is 0 Å². The molecule has 4 aromatic rings. The molecular formula is C44H64N2O2P2Si2.